The standard InChI is InChI=1S/C53H49N5O5S/c54-49(59)47(34-64-53(36-17-4-1-5-18-36,37-19-6-2-7-20-37)38-21-8-3-9-22-38)56-50(60)48-29-16-30-58(48)51(61)46(31-35-32-55-45-28-15-14-23-39(35)45)57-52(62)63-33-44-42-26-12-10-24-40(42)41-25-11-13-27-43(41)44/h1-15,17-28,32,44,46-48,55H,16,29-31,33-34H2,(H2,54,59)(H,56,60)(H,57,62)/t46-,47-,48-/m0/s1. The molecule has 9 rings (SSSR count). The van der Waals surface area contributed by atoms with E-state index >= 15 is 0 Å². The van der Waals surface area contributed by atoms with E-state index in [1.165, 1.54) is 16.7 Å². The normalized spacial score (nSPS) is 15.5. The van der Waals surface area contributed by atoms with E-state index in [4.69, 9.17) is 10.5 Å². The predicted octanol–water partition coefficient (Wildman–Crippen LogP) is 8.30. The van der Waals surface area contributed by atoms with Gasteiger partial charge in [0.2, 0.25) is 17.7 Å². The quantitative estimate of drug-likeness (QED) is 0.0763. The number of carbonyl (C=O) groups is 4. The first-order valence-corrected chi connectivity index (χ1v) is 22.7. The lowest BCUT2D eigenvalue weighted by atomic mass is 9.84. The molecule has 64 heavy (non-hydrogen) atoms. The Kier molecular flexibility index (Phi) is 12.3. The van der Waals surface area contributed by atoms with Crippen molar-refractivity contribution in [1.29, 1.82) is 0 Å². The monoisotopic (exact) mass is 867 g/mol. The topological polar surface area (TPSA) is 147 Å². The Morgan fingerprint density at radius 2 is 1.25 bits per heavy atom. The molecule has 5 N–H and O–H groups in total. The average molecular weight is 868 g/mol. The number of rotatable bonds is 15. The summed E-state index contributed by atoms with van der Waals surface area (Å²) in [4.78, 5) is 61.0. The SMILES string of the molecule is NC(=O)[C@H](CSC(c1ccccc1)(c1ccccc1)c1ccccc1)NC(=O)[C@@H]1CCCN1C(=O)[C@H](Cc1c[nH]c2ccccc12)NC(=O)OCC1c2ccccc2-c2ccccc21. The first-order chi connectivity index (χ1) is 31.3. The van der Waals surface area contributed by atoms with Gasteiger partial charge in [0.1, 0.15) is 24.7 Å². The van der Waals surface area contributed by atoms with Gasteiger partial charge in [-0.1, -0.05) is 158 Å². The molecule has 4 amide bonds. The summed E-state index contributed by atoms with van der Waals surface area (Å²) in [6, 6.07) is 51.2. The van der Waals surface area contributed by atoms with E-state index in [1.807, 2.05) is 109 Å². The van der Waals surface area contributed by atoms with Gasteiger partial charge in [0.05, 0.1) is 4.75 Å². The highest BCUT2D eigenvalue weighted by atomic mass is 32.2. The molecule has 322 valence electrons. The van der Waals surface area contributed by atoms with Gasteiger partial charge >= 0.3 is 6.09 Å². The van der Waals surface area contributed by atoms with Crippen LogP contribution in [0.5, 0.6) is 0 Å². The van der Waals surface area contributed by atoms with E-state index in [9.17, 15) is 19.2 Å². The highest BCUT2D eigenvalue weighted by Crippen LogP contribution is 2.49. The van der Waals surface area contributed by atoms with Crippen molar-refractivity contribution in [2.45, 2.75) is 48.1 Å². The number of alkyl carbamates (subject to hydrolysis) is 1. The number of hydrogen-bond acceptors (Lipinski definition) is 6. The van der Waals surface area contributed by atoms with Crippen LogP contribution in [0.25, 0.3) is 22.0 Å². The number of aromatic amines is 1. The van der Waals surface area contributed by atoms with Crippen molar-refractivity contribution in [2.75, 3.05) is 18.9 Å². The summed E-state index contributed by atoms with van der Waals surface area (Å²) in [5.41, 5.74) is 15.2. The number of amides is 4. The van der Waals surface area contributed by atoms with Crippen molar-refractivity contribution < 1.29 is 23.9 Å². The van der Waals surface area contributed by atoms with Crippen LogP contribution in [0.3, 0.4) is 0 Å². The van der Waals surface area contributed by atoms with Crippen molar-refractivity contribution in [3.63, 3.8) is 0 Å². The van der Waals surface area contributed by atoms with Crippen molar-refractivity contribution in [1.82, 2.24) is 20.5 Å². The number of primary amides is 1. The van der Waals surface area contributed by atoms with Gasteiger partial charge in [0, 0.05) is 41.7 Å². The second-order valence-electron chi connectivity index (χ2n) is 16.3. The Balaban J connectivity index is 0.942. The lowest BCUT2D eigenvalue weighted by molar-refractivity contribution is -0.140. The number of benzene rings is 6. The van der Waals surface area contributed by atoms with Crippen molar-refractivity contribution in [3.05, 3.63) is 203 Å². The van der Waals surface area contributed by atoms with Crippen LogP contribution in [0.4, 0.5) is 4.79 Å². The molecular formula is C53H49N5O5S. The van der Waals surface area contributed by atoms with Gasteiger partial charge < -0.3 is 31.0 Å². The summed E-state index contributed by atoms with van der Waals surface area (Å²) in [5.74, 6) is -1.60. The fourth-order valence-corrected chi connectivity index (χ4v) is 11.0. The molecule has 1 aliphatic carbocycles. The zero-order valence-electron chi connectivity index (χ0n) is 35.2. The maximum atomic E-state index is 14.8. The molecule has 1 aliphatic heterocycles. The summed E-state index contributed by atoms with van der Waals surface area (Å²) in [6.07, 6.45) is 2.20. The predicted molar refractivity (Wildman–Crippen MR) is 252 cm³/mol. The van der Waals surface area contributed by atoms with Gasteiger partial charge in [-0.3, -0.25) is 14.4 Å². The number of nitrogens with zero attached hydrogens (tertiary/aromatic N) is 1. The molecule has 11 heteroatoms. The van der Waals surface area contributed by atoms with Gasteiger partial charge in [-0.15, -0.1) is 11.8 Å². The number of nitrogens with two attached hydrogens (primary N) is 1. The fraction of sp³-hybridized carbons (Fsp3) is 0.208. The number of hydrogen-bond donors (Lipinski definition) is 4. The molecular weight excluding hydrogens is 819 g/mol. The molecule has 1 aromatic heterocycles. The molecule has 1 saturated heterocycles. The van der Waals surface area contributed by atoms with Gasteiger partial charge in [-0.05, 0) is 63.4 Å². The molecule has 0 bridgehead atoms. The molecule has 7 aromatic rings. The molecule has 10 nitrogen and oxygen atoms in total. The molecule has 0 saturated carbocycles. The number of ether oxygens (including phenoxy) is 1. The van der Waals surface area contributed by atoms with Crippen molar-refractivity contribution >= 4 is 46.5 Å². The van der Waals surface area contributed by atoms with E-state index in [0.717, 1.165) is 55.4 Å². The molecule has 1 fully saturated rings. The second kappa shape index (κ2) is 18.7. The molecule has 0 unspecified atom stereocenters. The number of aromatic nitrogens is 1. The smallest absolute Gasteiger partial charge is 0.407 e. The third kappa shape index (κ3) is 8.38. The summed E-state index contributed by atoms with van der Waals surface area (Å²) >= 11 is 1.52. The number of para-hydroxylation sites is 1. The Labute approximate surface area is 376 Å². The number of thioether (sulfide) groups is 1. The average Bonchev–Trinajstić information content (AvgIpc) is 4.08. The van der Waals surface area contributed by atoms with Crippen LogP contribution < -0.4 is 16.4 Å². The summed E-state index contributed by atoms with van der Waals surface area (Å²) in [5, 5.41) is 6.76. The van der Waals surface area contributed by atoms with Gasteiger partial charge in [-0.25, -0.2) is 4.79 Å². The highest BCUT2D eigenvalue weighted by molar-refractivity contribution is 8.00. The number of H-pyrrole nitrogens is 1. The largest absolute Gasteiger partial charge is 0.449 e. The van der Waals surface area contributed by atoms with Crippen molar-refractivity contribution in [3.8, 4) is 11.1 Å². The molecule has 0 radical (unpaired) electrons. The number of likely N-dealkylation sites (tertiary alicyclic amines) is 1. The molecule has 3 atom stereocenters. The lowest BCUT2D eigenvalue weighted by Gasteiger charge is -2.36. The van der Waals surface area contributed by atoms with Gasteiger partial charge in [0.25, 0.3) is 0 Å². The Morgan fingerprint density at radius 1 is 0.703 bits per heavy atom. The highest BCUT2D eigenvalue weighted by Gasteiger charge is 2.42. The third-order valence-corrected chi connectivity index (χ3v) is 14.2. The third-order valence-electron chi connectivity index (χ3n) is 12.5. The van der Waals surface area contributed by atoms with Crippen LogP contribution in [0.15, 0.2) is 170 Å². The van der Waals surface area contributed by atoms with Crippen LogP contribution in [0, 0.1) is 0 Å². The van der Waals surface area contributed by atoms with Gasteiger partial charge in [0.15, 0.2) is 0 Å². The van der Waals surface area contributed by atoms with Crippen LogP contribution in [-0.2, 0) is 30.3 Å². The maximum Gasteiger partial charge on any atom is 0.407 e. The Hall–Kier alpha value is -7.11. The Bertz CT molecular complexity index is 2640. The minimum Gasteiger partial charge on any atom is -0.449 e. The van der Waals surface area contributed by atoms with Gasteiger partial charge in [-0.2, -0.15) is 0 Å². The summed E-state index contributed by atoms with van der Waals surface area (Å²) < 4.78 is 5.18. The summed E-state index contributed by atoms with van der Waals surface area (Å²) in [6.45, 7) is 0.373. The van der Waals surface area contributed by atoms with Crippen LogP contribution in [-0.4, -0.2) is 70.7 Å². The first kappa shape index (κ1) is 42.2. The molecule has 0 spiro atoms. The maximum absolute atomic E-state index is 14.8. The van der Waals surface area contributed by atoms with E-state index in [2.05, 4.69) is 76.3 Å². The zero-order valence-corrected chi connectivity index (χ0v) is 36.0. The Morgan fingerprint density at radius 3 is 1.84 bits per heavy atom. The lowest BCUT2D eigenvalue weighted by Crippen LogP contribution is -2.57. The van der Waals surface area contributed by atoms with Crippen LogP contribution in [0.1, 0.15) is 52.1 Å². The minimum absolute atomic E-state index is 0.0786. The second-order valence-corrected chi connectivity index (χ2v) is 17.6. The fourth-order valence-electron chi connectivity index (χ4n) is 9.45. The number of fused-ring (bicyclic) bond motifs is 4. The summed E-state index contributed by atoms with van der Waals surface area (Å²) in [7, 11) is 0. The van der Waals surface area contributed by atoms with Crippen LogP contribution in [0.2, 0.25) is 0 Å². The molecule has 2 heterocycles. The van der Waals surface area contributed by atoms with Crippen LogP contribution >= 0.6 is 11.8 Å². The van der Waals surface area contributed by atoms with E-state index in [-0.39, 0.29) is 24.7 Å². The first-order valence-electron chi connectivity index (χ1n) is 21.7. The van der Waals surface area contributed by atoms with E-state index in [1.54, 1.807) is 0 Å². The van der Waals surface area contributed by atoms with E-state index in [0.29, 0.717) is 19.4 Å². The molecule has 6 aromatic carbocycles. The van der Waals surface area contributed by atoms with Crippen molar-refractivity contribution in [2.24, 2.45) is 5.73 Å². The molecule has 2 aliphatic rings. The van der Waals surface area contributed by atoms with E-state index < -0.39 is 46.7 Å². The zero-order chi connectivity index (χ0) is 44.0. The number of carbonyl (C=O) groups excluding carboxylic acids is 4. The minimum atomic E-state index is -1.06. The number of nitrogens with one attached hydrogen (secondary N) is 3.